The number of hydrogen-bond acceptors (Lipinski definition) is 4. The van der Waals surface area contributed by atoms with Crippen LogP contribution in [-0.2, 0) is 4.74 Å². The Labute approximate surface area is 99.9 Å². The molecular formula is C9H10BrFN2O3. The zero-order valence-electron chi connectivity index (χ0n) is 8.50. The van der Waals surface area contributed by atoms with Crippen LogP contribution in [0.2, 0.25) is 0 Å². The zero-order valence-corrected chi connectivity index (χ0v) is 10.1. The van der Waals surface area contributed by atoms with Crippen molar-refractivity contribution in [1.29, 1.82) is 0 Å². The third-order valence-corrected chi connectivity index (χ3v) is 2.46. The molecule has 0 spiro atoms. The Balaban J connectivity index is 2.95. The molecule has 0 aliphatic rings. The van der Waals surface area contributed by atoms with E-state index in [1.165, 1.54) is 7.11 Å². The van der Waals surface area contributed by atoms with Crippen LogP contribution in [0.3, 0.4) is 0 Å². The lowest BCUT2D eigenvalue weighted by Gasteiger charge is -2.07. The number of hydrogen-bond donors (Lipinski definition) is 1. The number of rotatable bonds is 5. The van der Waals surface area contributed by atoms with Gasteiger partial charge in [-0.15, -0.1) is 0 Å². The van der Waals surface area contributed by atoms with Gasteiger partial charge < -0.3 is 10.1 Å². The first-order valence-electron chi connectivity index (χ1n) is 4.42. The molecule has 0 aliphatic heterocycles. The summed E-state index contributed by atoms with van der Waals surface area (Å²) >= 11 is 2.90. The number of halogens is 2. The molecule has 0 saturated carbocycles. The maximum absolute atomic E-state index is 13.2. The molecule has 0 heterocycles. The highest BCUT2D eigenvalue weighted by Gasteiger charge is 2.16. The summed E-state index contributed by atoms with van der Waals surface area (Å²) in [6.07, 6.45) is 0. The maximum Gasteiger partial charge on any atom is 0.293 e. The van der Waals surface area contributed by atoms with Crippen molar-refractivity contribution in [1.82, 2.24) is 0 Å². The highest BCUT2D eigenvalue weighted by molar-refractivity contribution is 9.10. The predicted molar refractivity (Wildman–Crippen MR) is 61.1 cm³/mol. The van der Waals surface area contributed by atoms with E-state index in [0.717, 1.165) is 12.1 Å². The lowest BCUT2D eigenvalue weighted by Crippen LogP contribution is -2.09. The van der Waals surface area contributed by atoms with E-state index >= 15 is 0 Å². The summed E-state index contributed by atoms with van der Waals surface area (Å²) in [6.45, 7) is 0.757. The summed E-state index contributed by atoms with van der Waals surface area (Å²) in [6, 6.07) is 2.21. The molecule has 1 aromatic carbocycles. The quantitative estimate of drug-likeness (QED) is 0.515. The number of nitrogens with zero attached hydrogens (tertiary/aromatic N) is 1. The summed E-state index contributed by atoms with van der Waals surface area (Å²) in [5.41, 5.74) is -0.0351. The SMILES string of the molecule is COCCNc1cc(F)c(Br)cc1[N+](=O)[O-]. The largest absolute Gasteiger partial charge is 0.383 e. The first kappa shape index (κ1) is 12.9. The molecule has 7 heteroatoms. The molecule has 1 N–H and O–H groups in total. The number of benzene rings is 1. The molecule has 16 heavy (non-hydrogen) atoms. The Morgan fingerprint density at radius 3 is 2.88 bits per heavy atom. The van der Waals surface area contributed by atoms with Gasteiger partial charge in [0.05, 0.1) is 16.0 Å². The molecular weight excluding hydrogens is 283 g/mol. The summed E-state index contributed by atoms with van der Waals surface area (Å²) in [5.74, 6) is -0.550. The normalized spacial score (nSPS) is 10.2. The minimum atomic E-state index is -0.570. The maximum atomic E-state index is 13.2. The minimum Gasteiger partial charge on any atom is -0.383 e. The second-order valence-corrected chi connectivity index (χ2v) is 3.81. The van der Waals surface area contributed by atoms with Crippen molar-refractivity contribution in [2.24, 2.45) is 0 Å². The third-order valence-electron chi connectivity index (χ3n) is 1.86. The highest BCUT2D eigenvalue weighted by atomic mass is 79.9. The Hall–Kier alpha value is -1.21. The number of nitrogens with one attached hydrogen (secondary N) is 1. The van der Waals surface area contributed by atoms with Gasteiger partial charge in [0.2, 0.25) is 0 Å². The van der Waals surface area contributed by atoms with Gasteiger partial charge in [-0.1, -0.05) is 0 Å². The molecule has 0 aromatic heterocycles. The summed E-state index contributed by atoms with van der Waals surface area (Å²) in [7, 11) is 1.51. The Morgan fingerprint density at radius 2 is 2.31 bits per heavy atom. The number of nitro benzene ring substituents is 1. The Kier molecular flexibility index (Phi) is 4.63. The van der Waals surface area contributed by atoms with Gasteiger partial charge in [-0.25, -0.2) is 4.39 Å². The molecule has 88 valence electrons. The molecule has 0 aliphatic carbocycles. The third kappa shape index (κ3) is 3.14. The van der Waals surface area contributed by atoms with Gasteiger partial charge in [-0.05, 0) is 15.9 Å². The smallest absolute Gasteiger partial charge is 0.293 e. The van der Waals surface area contributed by atoms with Crippen LogP contribution < -0.4 is 5.32 Å². The number of nitro groups is 1. The van der Waals surface area contributed by atoms with Crippen molar-refractivity contribution >= 4 is 27.3 Å². The molecule has 0 saturated heterocycles. The fraction of sp³-hybridized carbons (Fsp3) is 0.333. The number of anilines is 1. The van der Waals surface area contributed by atoms with Crippen LogP contribution in [0.15, 0.2) is 16.6 Å². The van der Waals surface area contributed by atoms with Gasteiger partial charge in [0.15, 0.2) is 0 Å². The molecule has 1 rings (SSSR count). The van der Waals surface area contributed by atoms with Crippen LogP contribution in [0.4, 0.5) is 15.8 Å². The average Bonchev–Trinajstić information content (AvgIpc) is 2.23. The standard InChI is InChI=1S/C9H10BrFN2O3/c1-16-3-2-12-8-5-7(11)6(10)4-9(8)13(14)15/h4-5,12H,2-3H2,1H3. The monoisotopic (exact) mass is 292 g/mol. The predicted octanol–water partition coefficient (Wildman–Crippen LogP) is 2.55. The van der Waals surface area contributed by atoms with E-state index in [1.807, 2.05) is 0 Å². The average molecular weight is 293 g/mol. The summed E-state index contributed by atoms with van der Waals surface area (Å²) < 4.78 is 18.0. The summed E-state index contributed by atoms with van der Waals surface area (Å²) in [5, 5.41) is 13.4. The van der Waals surface area contributed by atoms with E-state index in [9.17, 15) is 14.5 Å². The van der Waals surface area contributed by atoms with Gasteiger partial charge in [0, 0.05) is 25.8 Å². The van der Waals surface area contributed by atoms with Crippen molar-refractivity contribution in [2.75, 3.05) is 25.6 Å². The Bertz CT molecular complexity index is 401. The van der Waals surface area contributed by atoms with Crippen LogP contribution in [0.1, 0.15) is 0 Å². The molecule has 0 unspecified atom stereocenters. The molecule has 5 nitrogen and oxygen atoms in total. The van der Waals surface area contributed by atoms with Crippen LogP contribution >= 0.6 is 15.9 Å². The van der Waals surface area contributed by atoms with Crippen molar-refractivity contribution in [2.45, 2.75) is 0 Å². The van der Waals surface area contributed by atoms with Crippen LogP contribution in [0.5, 0.6) is 0 Å². The lowest BCUT2D eigenvalue weighted by atomic mass is 10.2. The lowest BCUT2D eigenvalue weighted by molar-refractivity contribution is -0.384. The van der Waals surface area contributed by atoms with Gasteiger partial charge in [0.25, 0.3) is 5.69 Å². The van der Waals surface area contributed by atoms with E-state index in [0.29, 0.717) is 13.2 Å². The van der Waals surface area contributed by atoms with Gasteiger partial charge >= 0.3 is 0 Å². The van der Waals surface area contributed by atoms with Crippen LogP contribution in [0.25, 0.3) is 0 Å². The fourth-order valence-corrected chi connectivity index (χ4v) is 1.45. The van der Waals surface area contributed by atoms with Crippen molar-refractivity contribution in [3.05, 3.63) is 32.5 Å². The summed E-state index contributed by atoms with van der Waals surface area (Å²) in [4.78, 5) is 10.1. The molecule has 0 bridgehead atoms. The number of ether oxygens (including phenoxy) is 1. The topological polar surface area (TPSA) is 64.4 Å². The molecule has 0 amide bonds. The molecule has 0 atom stereocenters. The van der Waals surface area contributed by atoms with Crippen LogP contribution in [-0.4, -0.2) is 25.2 Å². The van der Waals surface area contributed by atoms with Crippen molar-refractivity contribution in [3.8, 4) is 0 Å². The van der Waals surface area contributed by atoms with Gasteiger partial charge in [-0.3, -0.25) is 10.1 Å². The minimum absolute atomic E-state index is 0.0662. The van der Waals surface area contributed by atoms with E-state index in [4.69, 9.17) is 4.74 Å². The number of methoxy groups -OCH3 is 1. The second-order valence-electron chi connectivity index (χ2n) is 2.96. The van der Waals surface area contributed by atoms with E-state index in [-0.39, 0.29) is 15.8 Å². The molecule has 0 fully saturated rings. The zero-order chi connectivity index (χ0) is 12.1. The second kappa shape index (κ2) is 5.76. The van der Waals surface area contributed by atoms with Crippen molar-refractivity contribution in [3.63, 3.8) is 0 Å². The van der Waals surface area contributed by atoms with Gasteiger partial charge in [0.1, 0.15) is 11.5 Å². The van der Waals surface area contributed by atoms with Crippen LogP contribution in [0, 0.1) is 15.9 Å². The van der Waals surface area contributed by atoms with E-state index in [1.54, 1.807) is 0 Å². The fourth-order valence-electron chi connectivity index (χ4n) is 1.12. The first-order chi connectivity index (χ1) is 7.56. The first-order valence-corrected chi connectivity index (χ1v) is 5.21. The highest BCUT2D eigenvalue weighted by Crippen LogP contribution is 2.30. The van der Waals surface area contributed by atoms with E-state index in [2.05, 4.69) is 21.2 Å². The Morgan fingerprint density at radius 1 is 1.62 bits per heavy atom. The van der Waals surface area contributed by atoms with E-state index < -0.39 is 10.7 Å². The molecule has 0 radical (unpaired) electrons. The molecule has 1 aromatic rings. The van der Waals surface area contributed by atoms with Gasteiger partial charge in [-0.2, -0.15) is 0 Å². The van der Waals surface area contributed by atoms with Crippen molar-refractivity contribution < 1.29 is 14.1 Å².